The Hall–Kier alpha value is -0.890. The number of pyridine rings is 1. The molecule has 1 atom stereocenters. The number of unbranched alkanes of at least 4 members (excludes halogenated alkanes) is 5. The third kappa shape index (κ3) is 7.08. The second-order valence-electron chi connectivity index (χ2n) is 5.99. The van der Waals surface area contributed by atoms with E-state index in [1.807, 2.05) is 12.4 Å². The van der Waals surface area contributed by atoms with Crippen molar-refractivity contribution < 1.29 is 0 Å². The second-order valence-corrected chi connectivity index (χ2v) is 5.99. The van der Waals surface area contributed by atoms with Crippen LogP contribution in [0.2, 0.25) is 0 Å². The number of rotatable bonds is 12. The largest absolute Gasteiger partial charge is 0.310 e. The molecule has 1 aromatic rings. The molecule has 1 aromatic heterocycles. The molecule has 0 aliphatic rings. The van der Waals surface area contributed by atoms with Gasteiger partial charge in [-0.3, -0.25) is 4.98 Å². The lowest BCUT2D eigenvalue weighted by molar-refractivity contribution is 0.464. The van der Waals surface area contributed by atoms with Gasteiger partial charge in [0.05, 0.1) is 0 Å². The summed E-state index contributed by atoms with van der Waals surface area (Å²) in [6.07, 6.45) is 15.7. The Morgan fingerprint density at radius 2 is 1.76 bits per heavy atom. The van der Waals surface area contributed by atoms with Gasteiger partial charge in [0.1, 0.15) is 0 Å². The molecule has 2 nitrogen and oxygen atoms in total. The smallest absolute Gasteiger partial charge is 0.0324 e. The lowest BCUT2D eigenvalue weighted by Crippen LogP contribution is -2.23. The van der Waals surface area contributed by atoms with Gasteiger partial charge in [-0.2, -0.15) is 0 Å². The van der Waals surface area contributed by atoms with Gasteiger partial charge in [-0.15, -0.1) is 0 Å². The molecule has 0 radical (unpaired) electrons. The summed E-state index contributed by atoms with van der Waals surface area (Å²) in [7, 11) is 0. The van der Waals surface area contributed by atoms with E-state index in [0.717, 1.165) is 13.0 Å². The average Bonchev–Trinajstić information content (AvgIpc) is 2.53. The molecule has 21 heavy (non-hydrogen) atoms. The standard InChI is InChI=1S/C19H34N2/c1-4-7-8-9-10-11-12-19(21-14-5-2)18-13-15-20-16-17(18)6-3/h13,15-16,19,21H,4-12,14H2,1-3H3. The molecular formula is C19H34N2. The van der Waals surface area contributed by atoms with Crippen LogP contribution in [0.3, 0.4) is 0 Å². The van der Waals surface area contributed by atoms with E-state index < -0.39 is 0 Å². The molecular weight excluding hydrogens is 256 g/mol. The van der Waals surface area contributed by atoms with Crippen LogP contribution in [0.5, 0.6) is 0 Å². The highest BCUT2D eigenvalue weighted by Crippen LogP contribution is 2.23. The molecule has 1 rings (SSSR count). The van der Waals surface area contributed by atoms with Crippen molar-refractivity contribution in [3.05, 3.63) is 29.6 Å². The lowest BCUT2D eigenvalue weighted by Gasteiger charge is -2.21. The van der Waals surface area contributed by atoms with Crippen LogP contribution in [0.1, 0.15) is 89.3 Å². The van der Waals surface area contributed by atoms with Crippen LogP contribution in [0.25, 0.3) is 0 Å². The first kappa shape index (κ1) is 18.2. The molecule has 0 aliphatic heterocycles. The predicted octanol–water partition coefficient (Wildman–Crippen LogP) is 5.44. The Morgan fingerprint density at radius 3 is 2.48 bits per heavy atom. The molecule has 0 amide bonds. The maximum atomic E-state index is 4.28. The molecule has 0 spiro atoms. The predicted molar refractivity (Wildman–Crippen MR) is 92.6 cm³/mol. The molecule has 0 saturated heterocycles. The van der Waals surface area contributed by atoms with Crippen LogP contribution in [0, 0.1) is 0 Å². The highest BCUT2D eigenvalue weighted by molar-refractivity contribution is 5.26. The van der Waals surface area contributed by atoms with Crippen LogP contribution >= 0.6 is 0 Å². The van der Waals surface area contributed by atoms with Crippen LogP contribution in [-0.2, 0) is 6.42 Å². The van der Waals surface area contributed by atoms with Gasteiger partial charge in [-0.1, -0.05) is 59.3 Å². The molecule has 0 bridgehead atoms. The topological polar surface area (TPSA) is 24.9 Å². The summed E-state index contributed by atoms with van der Waals surface area (Å²) >= 11 is 0. The molecule has 0 fully saturated rings. The van der Waals surface area contributed by atoms with E-state index in [2.05, 4.69) is 37.1 Å². The SMILES string of the molecule is CCCCCCCCC(NCCC)c1ccncc1CC. The minimum Gasteiger partial charge on any atom is -0.310 e. The van der Waals surface area contributed by atoms with Crippen LogP contribution in [0.4, 0.5) is 0 Å². The molecule has 1 heterocycles. The van der Waals surface area contributed by atoms with Crippen molar-refractivity contribution in [1.29, 1.82) is 0 Å². The van der Waals surface area contributed by atoms with Crippen molar-refractivity contribution in [2.45, 2.75) is 84.6 Å². The van der Waals surface area contributed by atoms with Crippen molar-refractivity contribution in [3.8, 4) is 0 Å². The van der Waals surface area contributed by atoms with E-state index >= 15 is 0 Å². The molecule has 0 aromatic carbocycles. The average molecular weight is 290 g/mol. The Bertz CT molecular complexity index is 362. The lowest BCUT2D eigenvalue weighted by atomic mass is 9.95. The molecule has 1 unspecified atom stereocenters. The molecule has 0 saturated carbocycles. The highest BCUT2D eigenvalue weighted by Gasteiger charge is 2.13. The minimum absolute atomic E-state index is 0.508. The number of aromatic nitrogens is 1. The quantitative estimate of drug-likeness (QED) is 0.519. The summed E-state index contributed by atoms with van der Waals surface area (Å²) in [5.74, 6) is 0. The monoisotopic (exact) mass is 290 g/mol. The molecule has 120 valence electrons. The summed E-state index contributed by atoms with van der Waals surface area (Å²) in [6, 6.07) is 2.72. The number of hydrogen-bond acceptors (Lipinski definition) is 2. The van der Waals surface area contributed by atoms with Crippen molar-refractivity contribution in [3.63, 3.8) is 0 Å². The summed E-state index contributed by atoms with van der Waals surface area (Å²) in [4.78, 5) is 4.28. The normalized spacial score (nSPS) is 12.5. The van der Waals surface area contributed by atoms with Crippen molar-refractivity contribution >= 4 is 0 Å². The summed E-state index contributed by atoms with van der Waals surface area (Å²) < 4.78 is 0. The van der Waals surface area contributed by atoms with Crippen molar-refractivity contribution in [2.24, 2.45) is 0 Å². The Kier molecular flexibility index (Phi) is 10.1. The van der Waals surface area contributed by atoms with Crippen molar-refractivity contribution in [1.82, 2.24) is 10.3 Å². The summed E-state index contributed by atoms with van der Waals surface area (Å²) in [5.41, 5.74) is 2.87. The van der Waals surface area contributed by atoms with E-state index in [0.29, 0.717) is 6.04 Å². The van der Waals surface area contributed by atoms with Gasteiger partial charge in [0, 0.05) is 18.4 Å². The fraction of sp³-hybridized carbons (Fsp3) is 0.737. The zero-order valence-corrected chi connectivity index (χ0v) is 14.3. The molecule has 1 N–H and O–H groups in total. The fourth-order valence-corrected chi connectivity index (χ4v) is 2.89. The Morgan fingerprint density at radius 1 is 1.00 bits per heavy atom. The molecule has 0 aliphatic carbocycles. The maximum absolute atomic E-state index is 4.28. The van der Waals surface area contributed by atoms with Crippen LogP contribution in [-0.4, -0.2) is 11.5 Å². The number of nitrogens with zero attached hydrogens (tertiary/aromatic N) is 1. The summed E-state index contributed by atoms with van der Waals surface area (Å²) in [6.45, 7) is 7.84. The molecule has 2 heteroatoms. The summed E-state index contributed by atoms with van der Waals surface area (Å²) in [5, 5.41) is 3.73. The van der Waals surface area contributed by atoms with E-state index in [1.165, 1.54) is 62.5 Å². The third-order valence-electron chi connectivity index (χ3n) is 4.18. The van der Waals surface area contributed by atoms with Gasteiger partial charge in [-0.25, -0.2) is 0 Å². The van der Waals surface area contributed by atoms with Crippen LogP contribution < -0.4 is 5.32 Å². The van der Waals surface area contributed by atoms with Gasteiger partial charge in [0.25, 0.3) is 0 Å². The number of hydrogen-bond donors (Lipinski definition) is 1. The van der Waals surface area contributed by atoms with Gasteiger partial charge < -0.3 is 5.32 Å². The van der Waals surface area contributed by atoms with Gasteiger partial charge in [0.2, 0.25) is 0 Å². The first-order valence-electron chi connectivity index (χ1n) is 8.99. The second kappa shape index (κ2) is 11.7. The number of nitrogens with one attached hydrogen (secondary N) is 1. The van der Waals surface area contributed by atoms with E-state index in [9.17, 15) is 0 Å². The first-order valence-corrected chi connectivity index (χ1v) is 8.99. The highest BCUT2D eigenvalue weighted by atomic mass is 14.9. The first-order chi connectivity index (χ1) is 10.3. The van der Waals surface area contributed by atoms with Crippen molar-refractivity contribution in [2.75, 3.05) is 6.54 Å². The third-order valence-corrected chi connectivity index (χ3v) is 4.18. The van der Waals surface area contributed by atoms with E-state index in [-0.39, 0.29) is 0 Å². The van der Waals surface area contributed by atoms with E-state index in [1.54, 1.807) is 0 Å². The van der Waals surface area contributed by atoms with Crippen LogP contribution in [0.15, 0.2) is 18.5 Å². The van der Waals surface area contributed by atoms with Gasteiger partial charge >= 0.3 is 0 Å². The fourth-order valence-electron chi connectivity index (χ4n) is 2.89. The van der Waals surface area contributed by atoms with Gasteiger partial charge in [-0.05, 0) is 43.0 Å². The Labute approximate surface area is 131 Å². The zero-order valence-electron chi connectivity index (χ0n) is 14.3. The van der Waals surface area contributed by atoms with Gasteiger partial charge in [0.15, 0.2) is 0 Å². The minimum atomic E-state index is 0.508. The van der Waals surface area contributed by atoms with E-state index in [4.69, 9.17) is 0 Å². The maximum Gasteiger partial charge on any atom is 0.0324 e. The number of aryl methyl sites for hydroxylation is 1. The zero-order chi connectivity index (χ0) is 15.3. The Balaban J connectivity index is 2.51.